The van der Waals surface area contributed by atoms with Crippen molar-refractivity contribution in [1.82, 2.24) is 4.90 Å². The van der Waals surface area contributed by atoms with Crippen molar-refractivity contribution in [3.8, 4) is 0 Å². The van der Waals surface area contributed by atoms with Crippen LogP contribution >= 0.6 is 15.9 Å². The number of nitrogens with zero attached hydrogens (tertiary/aromatic N) is 1. The molecule has 1 aliphatic rings. The molecule has 0 bridgehead atoms. The van der Waals surface area contributed by atoms with Crippen LogP contribution in [0.3, 0.4) is 0 Å². The van der Waals surface area contributed by atoms with Crippen molar-refractivity contribution < 1.29 is 9.13 Å². The van der Waals surface area contributed by atoms with Crippen molar-refractivity contribution in [3.05, 3.63) is 34.1 Å². The molecule has 0 spiro atoms. The van der Waals surface area contributed by atoms with Crippen LogP contribution in [-0.2, 0) is 11.3 Å². The van der Waals surface area contributed by atoms with Gasteiger partial charge >= 0.3 is 0 Å². The van der Waals surface area contributed by atoms with E-state index in [0.29, 0.717) is 5.92 Å². The molecule has 0 aromatic heterocycles. The van der Waals surface area contributed by atoms with Crippen LogP contribution in [0.25, 0.3) is 0 Å². The summed E-state index contributed by atoms with van der Waals surface area (Å²) in [5, 5.41) is 0. The van der Waals surface area contributed by atoms with Gasteiger partial charge < -0.3 is 4.74 Å². The first-order valence-electron chi connectivity index (χ1n) is 6.34. The van der Waals surface area contributed by atoms with E-state index in [2.05, 4.69) is 20.8 Å². The molecule has 1 saturated heterocycles. The van der Waals surface area contributed by atoms with Gasteiger partial charge in [0, 0.05) is 24.7 Å². The number of rotatable bonds is 4. The molecule has 1 aliphatic heterocycles. The molecule has 1 aromatic rings. The van der Waals surface area contributed by atoms with Gasteiger partial charge in [0.15, 0.2) is 0 Å². The largest absolute Gasteiger partial charge is 0.384 e. The number of halogens is 2. The first-order valence-corrected chi connectivity index (χ1v) is 7.13. The molecule has 0 amide bonds. The lowest BCUT2D eigenvalue weighted by Gasteiger charge is -2.32. The summed E-state index contributed by atoms with van der Waals surface area (Å²) < 4.78 is 19.1. The van der Waals surface area contributed by atoms with Crippen molar-refractivity contribution in [2.75, 3.05) is 26.8 Å². The standard InChI is InChI=1S/C14H19BrFNO/c1-18-10-11-3-2-6-17(8-11)9-12-4-5-13(16)7-14(12)15/h4-5,7,11H,2-3,6,8-10H2,1H3. The van der Waals surface area contributed by atoms with Gasteiger partial charge in [-0.3, -0.25) is 4.90 Å². The van der Waals surface area contributed by atoms with Crippen LogP contribution in [-0.4, -0.2) is 31.7 Å². The van der Waals surface area contributed by atoms with Gasteiger partial charge in [0.1, 0.15) is 5.82 Å². The van der Waals surface area contributed by atoms with E-state index in [1.807, 2.05) is 6.07 Å². The second-order valence-corrected chi connectivity index (χ2v) is 5.79. The highest BCUT2D eigenvalue weighted by Gasteiger charge is 2.20. The smallest absolute Gasteiger partial charge is 0.124 e. The third-order valence-corrected chi connectivity index (χ3v) is 4.15. The number of methoxy groups -OCH3 is 1. The zero-order chi connectivity index (χ0) is 13.0. The Labute approximate surface area is 116 Å². The Kier molecular flexibility index (Phi) is 5.15. The molecule has 0 radical (unpaired) electrons. The summed E-state index contributed by atoms with van der Waals surface area (Å²) in [4.78, 5) is 2.42. The fraction of sp³-hybridized carbons (Fsp3) is 0.571. The Bertz CT molecular complexity index is 397. The van der Waals surface area contributed by atoms with E-state index in [0.717, 1.165) is 36.3 Å². The molecule has 0 N–H and O–H groups in total. The molecule has 1 aromatic carbocycles. The summed E-state index contributed by atoms with van der Waals surface area (Å²) in [6.45, 7) is 3.89. The van der Waals surface area contributed by atoms with E-state index in [4.69, 9.17) is 4.74 Å². The van der Waals surface area contributed by atoms with E-state index in [1.165, 1.54) is 25.0 Å². The number of ether oxygens (including phenoxy) is 1. The number of benzene rings is 1. The molecule has 18 heavy (non-hydrogen) atoms. The van der Waals surface area contributed by atoms with Gasteiger partial charge in [0.25, 0.3) is 0 Å². The van der Waals surface area contributed by atoms with Crippen molar-refractivity contribution in [2.45, 2.75) is 19.4 Å². The number of likely N-dealkylation sites (tertiary alicyclic amines) is 1. The van der Waals surface area contributed by atoms with Crippen LogP contribution in [0.5, 0.6) is 0 Å². The minimum Gasteiger partial charge on any atom is -0.384 e. The summed E-state index contributed by atoms with van der Waals surface area (Å²) in [7, 11) is 1.76. The first-order chi connectivity index (χ1) is 8.69. The minimum atomic E-state index is -0.193. The fourth-order valence-electron chi connectivity index (χ4n) is 2.56. The Morgan fingerprint density at radius 1 is 1.50 bits per heavy atom. The maximum Gasteiger partial charge on any atom is 0.124 e. The zero-order valence-electron chi connectivity index (χ0n) is 10.7. The lowest BCUT2D eigenvalue weighted by molar-refractivity contribution is 0.0873. The average Bonchev–Trinajstić information content (AvgIpc) is 2.34. The monoisotopic (exact) mass is 315 g/mol. The Hall–Kier alpha value is -0.450. The summed E-state index contributed by atoms with van der Waals surface area (Å²) >= 11 is 3.43. The highest BCUT2D eigenvalue weighted by atomic mass is 79.9. The molecular weight excluding hydrogens is 297 g/mol. The van der Waals surface area contributed by atoms with E-state index < -0.39 is 0 Å². The predicted octanol–water partition coefficient (Wildman–Crippen LogP) is 3.45. The molecule has 1 fully saturated rings. The number of hydrogen-bond donors (Lipinski definition) is 0. The third-order valence-electron chi connectivity index (χ3n) is 3.41. The minimum absolute atomic E-state index is 0.193. The van der Waals surface area contributed by atoms with Crippen molar-refractivity contribution >= 4 is 15.9 Å². The number of piperidine rings is 1. The van der Waals surface area contributed by atoms with Crippen molar-refractivity contribution in [3.63, 3.8) is 0 Å². The summed E-state index contributed by atoms with van der Waals surface area (Å²) in [5.41, 5.74) is 1.15. The molecular formula is C14H19BrFNO. The van der Waals surface area contributed by atoms with E-state index in [-0.39, 0.29) is 5.82 Å². The number of hydrogen-bond acceptors (Lipinski definition) is 2. The Balaban J connectivity index is 1.96. The van der Waals surface area contributed by atoms with Crippen molar-refractivity contribution in [2.24, 2.45) is 5.92 Å². The SMILES string of the molecule is COCC1CCCN(Cc2ccc(F)cc2Br)C1. The van der Waals surface area contributed by atoms with E-state index in [1.54, 1.807) is 7.11 Å². The van der Waals surface area contributed by atoms with Crippen LogP contribution < -0.4 is 0 Å². The van der Waals surface area contributed by atoms with E-state index in [9.17, 15) is 4.39 Å². The normalized spacial score (nSPS) is 21.2. The van der Waals surface area contributed by atoms with Gasteiger partial charge in [-0.05, 0) is 43.0 Å². The van der Waals surface area contributed by atoms with Gasteiger partial charge in [-0.25, -0.2) is 4.39 Å². The molecule has 1 heterocycles. The quantitative estimate of drug-likeness (QED) is 0.844. The van der Waals surface area contributed by atoms with Crippen LogP contribution in [0.1, 0.15) is 18.4 Å². The van der Waals surface area contributed by atoms with E-state index >= 15 is 0 Å². The summed E-state index contributed by atoms with van der Waals surface area (Å²) in [6, 6.07) is 4.92. The lowest BCUT2D eigenvalue weighted by atomic mass is 9.98. The molecule has 100 valence electrons. The maximum absolute atomic E-state index is 13.0. The van der Waals surface area contributed by atoms with Gasteiger partial charge in [0.2, 0.25) is 0 Å². The van der Waals surface area contributed by atoms with Gasteiger partial charge in [-0.1, -0.05) is 22.0 Å². The first kappa shape index (κ1) is 14.0. The van der Waals surface area contributed by atoms with Gasteiger partial charge in [-0.15, -0.1) is 0 Å². The molecule has 1 atom stereocenters. The van der Waals surface area contributed by atoms with Gasteiger partial charge in [-0.2, -0.15) is 0 Å². The third kappa shape index (κ3) is 3.77. The van der Waals surface area contributed by atoms with Crippen LogP contribution in [0.15, 0.2) is 22.7 Å². The molecule has 2 nitrogen and oxygen atoms in total. The van der Waals surface area contributed by atoms with Gasteiger partial charge in [0.05, 0.1) is 6.61 Å². The highest BCUT2D eigenvalue weighted by Crippen LogP contribution is 2.23. The Morgan fingerprint density at radius 3 is 3.06 bits per heavy atom. The molecule has 1 unspecified atom stereocenters. The van der Waals surface area contributed by atoms with Crippen LogP contribution in [0.2, 0.25) is 0 Å². The van der Waals surface area contributed by atoms with Crippen LogP contribution in [0, 0.1) is 11.7 Å². The molecule has 4 heteroatoms. The second-order valence-electron chi connectivity index (χ2n) is 4.93. The molecule has 0 aliphatic carbocycles. The lowest BCUT2D eigenvalue weighted by Crippen LogP contribution is -2.36. The Morgan fingerprint density at radius 2 is 2.33 bits per heavy atom. The van der Waals surface area contributed by atoms with Crippen LogP contribution in [0.4, 0.5) is 4.39 Å². The maximum atomic E-state index is 13.0. The average molecular weight is 316 g/mol. The second kappa shape index (κ2) is 6.64. The van der Waals surface area contributed by atoms with Crippen molar-refractivity contribution in [1.29, 1.82) is 0 Å². The highest BCUT2D eigenvalue weighted by molar-refractivity contribution is 9.10. The summed E-state index contributed by atoms with van der Waals surface area (Å²) in [6.07, 6.45) is 2.46. The predicted molar refractivity (Wildman–Crippen MR) is 74.0 cm³/mol. The zero-order valence-corrected chi connectivity index (χ0v) is 12.2. The molecule has 2 rings (SSSR count). The fourth-order valence-corrected chi connectivity index (χ4v) is 3.03. The topological polar surface area (TPSA) is 12.5 Å². The molecule has 0 saturated carbocycles. The summed E-state index contributed by atoms with van der Waals surface area (Å²) in [5.74, 6) is 0.435.